The number of ether oxygens (including phenoxy) is 1. The molecule has 1 aliphatic heterocycles. The van der Waals surface area contributed by atoms with Crippen LogP contribution in [0.4, 0.5) is 11.4 Å². The van der Waals surface area contributed by atoms with Crippen LogP contribution in [0.15, 0.2) is 72.8 Å². The van der Waals surface area contributed by atoms with Crippen molar-refractivity contribution in [3.8, 4) is 5.75 Å². The third-order valence-corrected chi connectivity index (χ3v) is 5.10. The van der Waals surface area contributed by atoms with E-state index in [2.05, 4.69) is 10.6 Å². The van der Waals surface area contributed by atoms with Crippen LogP contribution >= 0.6 is 0 Å². The maximum Gasteiger partial charge on any atom is 0.296 e. The lowest BCUT2D eigenvalue weighted by Gasteiger charge is -2.17. The Kier molecular flexibility index (Phi) is 6.08. The molecule has 31 heavy (non-hydrogen) atoms. The zero-order valence-electron chi connectivity index (χ0n) is 16.9. The van der Waals surface area contributed by atoms with Crippen LogP contribution in [0, 0.1) is 0 Å². The number of hydrogen-bond acceptors (Lipinski definition) is 4. The number of anilines is 2. The SMILES string of the molecule is O=C1CCc2cc(C(=O)C(=O)Nc3ccccc3OCCc3ccccc3)ccc2N1. The van der Waals surface area contributed by atoms with E-state index in [1.54, 1.807) is 36.4 Å². The van der Waals surface area contributed by atoms with Crippen LogP contribution in [0.1, 0.15) is 27.9 Å². The number of aryl methyl sites for hydroxylation is 1. The highest BCUT2D eigenvalue weighted by Gasteiger charge is 2.21. The number of para-hydroxylation sites is 2. The number of fused-ring (bicyclic) bond motifs is 1. The van der Waals surface area contributed by atoms with E-state index in [9.17, 15) is 14.4 Å². The maximum absolute atomic E-state index is 12.7. The molecule has 4 rings (SSSR count). The second-order valence-electron chi connectivity index (χ2n) is 7.28. The number of ketones is 1. The molecule has 0 saturated heterocycles. The quantitative estimate of drug-likeness (QED) is 0.452. The maximum atomic E-state index is 12.7. The average Bonchev–Trinajstić information content (AvgIpc) is 2.80. The monoisotopic (exact) mass is 414 g/mol. The number of rotatable bonds is 7. The van der Waals surface area contributed by atoms with E-state index in [4.69, 9.17) is 4.74 Å². The van der Waals surface area contributed by atoms with E-state index in [1.165, 1.54) is 0 Å². The molecule has 0 atom stereocenters. The second-order valence-corrected chi connectivity index (χ2v) is 7.28. The van der Waals surface area contributed by atoms with Gasteiger partial charge in [0.1, 0.15) is 5.75 Å². The summed E-state index contributed by atoms with van der Waals surface area (Å²) in [5.74, 6) is -0.918. The van der Waals surface area contributed by atoms with Crippen LogP contribution in [0.25, 0.3) is 0 Å². The molecular weight excluding hydrogens is 392 g/mol. The summed E-state index contributed by atoms with van der Waals surface area (Å²) in [4.78, 5) is 36.8. The summed E-state index contributed by atoms with van der Waals surface area (Å²) >= 11 is 0. The van der Waals surface area contributed by atoms with E-state index in [0.717, 1.165) is 17.5 Å². The molecular formula is C25H22N2O4. The summed E-state index contributed by atoms with van der Waals surface area (Å²) in [6, 6.07) is 21.9. The van der Waals surface area contributed by atoms with Crippen molar-refractivity contribution in [3.63, 3.8) is 0 Å². The first-order valence-corrected chi connectivity index (χ1v) is 10.1. The highest BCUT2D eigenvalue weighted by atomic mass is 16.5. The molecule has 1 heterocycles. The second kappa shape index (κ2) is 9.26. The standard InChI is InChI=1S/C25H22N2O4/c28-23-13-11-18-16-19(10-12-20(18)26-23)24(29)25(30)27-21-8-4-5-9-22(21)31-15-14-17-6-2-1-3-7-17/h1-10,12,16H,11,13-15H2,(H,26,28)(H,27,30). The first-order valence-electron chi connectivity index (χ1n) is 10.1. The van der Waals surface area contributed by atoms with Gasteiger partial charge in [-0.25, -0.2) is 0 Å². The number of amides is 2. The highest BCUT2D eigenvalue weighted by Crippen LogP contribution is 2.26. The molecule has 1 aliphatic rings. The zero-order valence-corrected chi connectivity index (χ0v) is 16.9. The molecule has 6 nitrogen and oxygen atoms in total. The van der Waals surface area contributed by atoms with Gasteiger partial charge in [-0.1, -0.05) is 42.5 Å². The average molecular weight is 414 g/mol. The molecule has 6 heteroatoms. The van der Waals surface area contributed by atoms with Crippen molar-refractivity contribution in [1.29, 1.82) is 0 Å². The Morgan fingerprint density at radius 3 is 2.55 bits per heavy atom. The fourth-order valence-electron chi connectivity index (χ4n) is 3.45. The highest BCUT2D eigenvalue weighted by molar-refractivity contribution is 6.46. The van der Waals surface area contributed by atoms with E-state index >= 15 is 0 Å². The van der Waals surface area contributed by atoms with Gasteiger partial charge in [0.25, 0.3) is 11.7 Å². The summed E-state index contributed by atoms with van der Waals surface area (Å²) in [7, 11) is 0. The largest absolute Gasteiger partial charge is 0.491 e. The van der Waals surface area contributed by atoms with Crippen molar-refractivity contribution < 1.29 is 19.1 Å². The number of nitrogens with one attached hydrogen (secondary N) is 2. The fourth-order valence-corrected chi connectivity index (χ4v) is 3.45. The Morgan fingerprint density at radius 2 is 1.71 bits per heavy atom. The molecule has 0 radical (unpaired) electrons. The van der Waals surface area contributed by atoms with Gasteiger partial charge in [-0.3, -0.25) is 14.4 Å². The molecule has 0 spiro atoms. The normalized spacial score (nSPS) is 12.5. The lowest BCUT2D eigenvalue weighted by Crippen LogP contribution is -2.24. The molecule has 0 saturated carbocycles. The van der Waals surface area contributed by atoms with Crippen molar-refractivity contribution >= 4 is 29.0 Å². The zero-order chi connectivity index (χ0) is 21.6. The predicted molar refractivity (Wildman–Crippen MR) is 118 cm³/mol. The van der Waals surface area contributed by atoms with Gasteiger partial charge in [0.2, 0.25) is 5.91 Å². The minimum absolute atomic E-state index is 0.0480. The van der Waals surface area contributed by atoms with Crippen LogP contribution in [0.2, 0.25) is 0 Å². The van der Waals surface area contributed by atoms with Gasteiger partial charge >= 0.3 is 0 Å². The van der Waals surface area contributed by atoms with E-state index in [0.29, 0.717) is 36.6 Å². The smallest absolute Gasteiger partial charge is 0.296 e. The fraction of sp³-hybridized carbons (Fsp3) is 0.160. The minimum Gasteiger partial charge on any atom is -0.491 e. The molecule has 3 aromatic carbocycles. The Bertz CT molecular complexity index is 1130. The van der Waals surface area contributed by atoms with Gasteiger partial charge < -0.3 is 15.4 Å². The molecule has 0 fully saturated rings. The third kappa shape index (κ3) is 4.98. The van der Waals surface area contributed by atoms with Gasteiger partial charge in [-0.2, -0.15) is 0 Å². The predicted octanol–water partition coefficient (Wildman–Crippen LogP) is 4.01. The van der Waals surface area contributed by atoms with Gasteiger partial charge in [0.15, 0.2) is 0 Å². The van der Waals surface area contributed by atoms with Gasteiger partial charge in [0, 0.05) is 24.1 Å². The molecule has 0 bridgehead atoms. The van der Waals surface area contributed by atoms with Crippen LogP contribution in [-0.2, 0) is 22.4 Å². The van der Waals surface area contributed by atoms with Crippen molar-refractivity contribution in [3.05, 3.63) is 89.5 Å². The van der Waals surface area contributed by atoms with Crippen molar-refractivity contribution in [2.24, 2.45) is 0 Å². The Morgan fingerprint density at radius 1 is 0.935 bits per heavy atom. The minimum atomic E-state index is -0.737. The lowest BCUT2D eigenvalue weighted by atomic mass is 9.98. The lowest BCUT2D eigenvalue weighted by molar-refractivity contribution is -0.116. The van der Waals surface area contributed by atoms with E-state index < -0.39 is 11.7 Å². The first-order chi connectivity index (χ1) is 15.1. The molecule has 2 N–H and O–H groups in total. The molecule has 0 aliphatic carbocycles. The first kappa shape index (κ1) is 20.3. The Hall–Kier alpha value is -3.93. The topological polar surface area (TPSA) is 84.5 Å². The van der Waals surface area contributed by atoms with Gasteiger partial charge in [-0.05, 0) is 47.9 Å². The molecule has 2 amide bonds. The summed E-state index contributed by atoms with van der Waals surface area (Å²) < 4.78 is 5.85. The Labute approximate surface area is 180 Å². The summed E-state index contributed by atoms with van der Waals surface area (Å²) in [6.45, 7) is 0.446. The number of carbonyl (C=O) groups excluding carboxylic acids is 3. The molecule has 0 unspecified atom stereocenters. The van der Waals surface area contributed by atoms with Gasteiger partial charge in [0.05, 0.1) is 12.3 Å². The van der Waals surface area contributed by atoms with Crippen molar-refractivity contribution in [2.45, 2.75) is 19.3 Å². The third-order valence-electron chi connectivity index (χ3n) is 5.10. The van der Waals surface area contributed by atoms with E-state index in [-0.39, 0.29) is 11.5 Å². The molecule has 0 aromatic heterocycles. The van der Waals surface area contributed by atoms with Crippen molar-refractivity contribution in [1.82, 2.24) is 0 Å². The van der Waals surface area contributed by atoms with Crippen LogP contribution in [0.3, 0.4) is 0 Å². The van der Waals surface area contributed by atoms with E-state index in [1.807, 2.05) is 36.4 Å². The molecule has 3 aromatic rings. The number of Topliss-reactive ketones (excluding diaryl/α,β-unsaturated/α-hetero) is 1. The number of hydrogen-bond donors (Lipinski definition) is 2. The van der Waals surface area contributed by atoms with Crippen LogP contribution < -0.4 is 15.4 Å². The summed E-state index contributed by atoms with van der Waals surface area (Å²) in [5, 5.41) is 5.43. The number of carbonyl (C=O) groups is 3. The van der Waals surface area contributed by atoms with Crippen LogP contribution in [-0.4, -0.2) is 24.2 Å². The Balaban J connectivity index is 1.41. The molecule has 156 valence electrons. The van der Waals surface area contributed by atoms with Gasteiger partial charge in [-0.15, -0.1) is 0 Å². The summed E-state index contributed by atoms with van der Waals surface area (Å²) in [6.07, 6.45) is 1.64. The van der Waals surface area contributed by atoms with Crippen LogP contribution in [0.5, 0.6) is 5.75 Å². The van der Waals surface area contributed by atoms with Crippen molar-refractivity contribution in [2.75, 3.05) is 17.2 Å². The number of benzene rings is 3. The summed E-state index contributed by atoms with van der Waals surface area (Å²) in [5.41, 5.74) is 3.42.